The van der Waals surface area contributed by atoms with Crippen LogP contribution in [0.25, 0.3) is 0 Å². The van der Waals surface area contributed by atoms with Crippen LogP contribution in [-0.4, -0.2) is 37.1 Å². The Bertz CT molecular complexity index is 849. The number of anilines is 1. The summed E-state index contributed by atoms with van der Waals surface area (Å²) in [5, 5.41) is 2.94. The summed E-state index contributed by atoms with van der Waals surface area (Å²) in [7, 11) is 0. The predicted octanol–water partition coefficient (Wildman–Crippen LogP) is 3.11. The molecular weight excluding hydrogens is 340 g/mol. The molecule has 27 heavy (non-hydrogen) atoms. The van der Waals surface area contributed by atoms with Gasteiger partial charge in [-0.2, -0.15) is 0 Å². The van der Waals surface area contributed by atoms with Crippen molar-refractivity contribution in [2.75, 3.05) is 24.5 Å². The van der Waals surface area contributed by atoms with E-state index in [-0.39, 0.29) is 5.91 Å². The van der Waals surface area contributed by atoms with Gasteiger partial charge >= 0.3 is 5.97 Å². The predicted molar refractivity (Wildman–Crippen MR) is 106 cm³/mol. The fourth-order valence-corrected chi connectivity index (χ4v) is 3.52. The Labute approximate surface area is 160 Å². The molecule has 142 valence electrons. The average Bonchev–Trinajstić information content (AvgIpc) is 2.66. The second-order valence-corrected chi connectivity index (χ2v) is 7.08. The number of carbonyl (C=O) groups excluding carboxylic acids is 2. The highest BCUT2D eigenvalue weighted by Crippen LogP contribution is 2.28. The van der Waals surface area contributed by atoms with Crippen molar-refractivity contribution in [3.8, 4) is 0 Å². The fraction of sp³-hybridized carbons (Fsp3) is 0.364. The zero-order chi connectivity index (χ0) is 19.4. The van der Waals surface area contributed by atoms with Crippen molar-refractivity contribution in [3.05, 3.63) is 65.2 Å². The number of nitrogens with zero attached hydrogens (tertiary/aromatic N) is 1. The third-order valence-electron chi connectivity index (χ3n) is 5.07. The molecule has 0 fully saturated rings. The number of amides is 1. The zero-order valence-corrected chi connectivity index (χ0v) is 16.1. The molecule has 0 bridgehead atoms. The molecular formula is C22H26N2O3. The second kappa shape index (κ2) is 7.82. The van der Waals surface area contributed by atoms with Crippen LogP contribution in [0.5, 0.6) is 0 Å². The number of para-hydroxylation sites is 1. The molecule has 2 aromatic rings. The smallest absolute Gasteiger partial charge is 0.339 e. The van der Waals surface area contributed by atoms with Gasteiger partial charge in [0.1, 0.15) is 0 Å². The van der Waals surface area contributed by atoms with Gasteiger partial charge in [-0.25, -0.2) is 4.79 Å². The number of cyclic esters (lactones) is 1. The molecule has 1 atom stereocenters. The SMILES string of the molecule is CCN(CCNC(=O)C1(C)Cc2ccccc2C(=O)O1)c1ccccc1C. The van der Waals surface area contributed by atoms with Crippen LogP contribution in [0.4, 0.5) is 5.69 Å². The van der Waals surface area contributed by atoms with Gasteiger partial charge in [0.05, 0.1) is 5.56 Å². The maximum Gasteiger partial charge on any atom is 0.339 e. The molecule has 3 rings (SSSR count). The Morgan fingerprint density at radius 3 is 2.63 bits per heavy atom. The number of fused-ring (bicyclic) bond motifs is 1. The first-order chi connectivity index (χ1) is 12.9. The molecule has 2 aromatic carbocycles. The lowest BCUT2D eigenvalue weighted by molar-refractivity contribution is -0.139. The van der Waals surface area contributed by atoms with E-state index in [1.807, 2.05) is 24.3 Å². The topological polar surface area (TPSA) is 58.6 Å². The van der Waals surface area contributed by atoms with Crippen LogP contribution in [0.1, 0.15) is 35.3 Å². The molecule has 0 aliphatic carbocycles. The van der Waals surface area contributed by atoms with E-state index in [1.54, 1.807) is 19.1 Å². The van der Waals surface area contributed by atoms with E-state index in [0.717, 1.165) is 12.1 Å². The van der Waals surface area contributed by atoms with Crippen molar-refractivity contribution in [2.45, 2.75) is 32.8 Å². The minimum Gasteiger partial charge on any atom is -0.445 e. The Hall–Kier alpha value is -2.82. The largest absolute Gasteiger partial charge is 0.445 e. The van der Waals surface area contributed by atoms with E-state index < -0.39 is 11.6 Å². The average molecular weight is 366 g/mol. The van der Waals surface area contributed by atoms with Crippen molar-refractivity contribution in [3.63, 3.8) is 0 Å². The molecule has 0 aromatic heterocycles. The minimum atomic E-state index is -1.18. The van der Waals surface area contributed by atoms with Crippen LogP contribution in [0.2, 0.25) is 0 Å². The molecule has 0 spiro atoms. The lowest BCUT2D eigenvalue weighted by Crippen LogP contribution is -2.52. The first-order valence-corrected chi connectivity index (χ1v) is 9.35. The van der Waals surface area contributed by atoms with Crippen LogP contribution in [0.3, 0.4) is 0 Å². The number of hydrogen-bond acceptors (Lipinski definition) is 4. The van der Waals surface area contributed by atoms with E-state index in [4.69, 9.17) is 4.74 Å². The summed E-state index contributed by atoms with van der Waals surface area (Å²) in [6.45, 7) is 7.87. The maximum atomic E-state index is 12.7. The van der Waals surface area contributed by atoms with Crippen molar-refractivity contribution >= 4 is 17.6 Å². The lowest BCUT2D eigenvalue weighted by Gasteiger charge is -2.33. The number of nitrogens with one attached hydrogen (secondary N) is 1. The molecule has 1 aliphatic rings. The molecule has 1 N–H and O–H groups in total. The van der Waals surface area contributed by atoms with Gasteiger partial charge in [-0.05, 0) is 44.0 Å². The second-order valence-electron chi connectivity index (χ2n) is 7.08. The van der Waals surface area contributed by atoms with Gasteiger partial charge in [0, 0.05) is 31.7 Å². The molecule has 1 heterocycles. The van der Waals surface area contributed by atoms with Crippen LogP contribution < -0.4 is 10.2 Å². The van der Waals surface area contributed by atoms with Crippen molar-refractivity contribution < 1.29 is 14.3 Å². The highest BCUT2D eigenvalue weighted by Gasteiger charge is 2.42. The van der Waals surface area contributed by atoms with E-state index >= 15 is 0 Å². The zero-order valence-electron chi connectivity index (χ0n) is 16.1. The van der Waals surface area contributed by atoms with Crippen LogP contribution >= 0.6 is 0 Å². The fourth-order valence-electron chi connectivity index (χ4n) is 3.52. The van der Waals surface area contributed by atoms with E-state index in [1.165, 1.54) is 11.3 Å². The number of hydrogen-bond donors (Lipinski definition) is 1. The minimum absolute atomic E-state index is 0.258. The Morgan fingerprint density at radius 1 is 1.19 bits per heavy atom. The molecule has 1 aliphatic heterocycles. The summed E-state index contributed by atoms with van der Waals surface area (Å²) in [6, 6.07) is 15.5. The monoisotopic (exact) mass is 366 g/mol. The molecule has 1 unspecified atom stereocenters. The summed E-state index contributed by atoms with van der Waals surface area (Å²) >= 11 is 0. The van der Waals surface area contributed by atoms with Gasteiger partial charge in [0.2, 0.25) is 0 Å². The Morgan fingerprint density at radius 2 is 1.89 bits per heavy atom. The molecule has 5 nitrogen and oxygen atoms in total. The van der Waals surface area contributed by atoms with Gasteiger partial charge in [0.25, 0.3) is 5.91 Å². The molecule has 0 saturated heterocycles. The summed E-state index contributed by atoms with van der Waals surface area (Å²) in [5.74, 6) is -0.698. The first kappa shape index (κ1) is 19.0. The lowest BCUT2D eigenvalue weighted by atomic mass is 9.89. The van der Waals surface area contributed by atoms with Crippen LogP contribution in [0.15, 0.2) is 48.5 Å². The standard InChI is InChI=1S/C22H26N2O3/c1-4-24(19-12-8-5-9-16(19)2)14-13-23-21(26)22(3)15-17-10-6-7-11-18(17)20(25)27-22/h5-12H,4,13-15H2,1-3H3,(H,23,26). The number of carbonyl (C=O) groups is 2. The van der Waals surface area contributed by atoms with Gasteiger partial charge < -0.3 is 15.0 Å². The van der Waals surface area contributed by atoms with Crippen molar-refractivity contribution in [1.82, 2.24) is 5.32 Å². The maximum absolute atomic E-state index is 12.7. The highest BCUT2D eigenvalue weighted by atomic mass is 16.6. The quantitative estimate of drug-likeness (QED) is 0.798. The van der Waals surface area contributed by atoms with Crippen LogP contribution in [-0.2, 0) is 16.0 Å². The summed E-state index contributed by atoms with van der Waals surface area (Å²) < 4.78 is 5.49. The van der Waals surface area contributed by atoms with E-state index in [2.05, 4.69) is 36.2 Å². The third kappa shape index (κ3) is 3.97. The van der Waals surface area contributed by atoms with Crippen LogP contribution in [0, 0.1) is 6.92 Å². The summed E-state index contributed by atoms with van der Waals surface area (Å²) in [5.41, 5.74) is 2.58. The number of ether oxygens (including phenoxy) is 1. The molecule has 1 amide bonds. The summed E-state index contributed by atoms with van der Waals surface area (Å²) in [6.07, 6.45) is 0.385. The van der Waals surface area contributed by atoms with E-state index in [0.29, 0.717) is 25.1 Å². The highest BCUT2D eigenvalue weighted by molar-refractivity contribution is 5.97. The molecule has 5 heteroatoms. The Balaban J connectivity index is 1.62. The van der Waals surface area contributed by atoms with Gasteiger partial charge in [0.15, 0.2) is 5.60 Å². The Kier molecular flexibility index (Phi) is 5.49. The normalized spacial score (nSPS) is 18.4. The number of benzene rings is 2. The van der Waals surface area contributed by atoms with Gasteiger partial charge in [-0.3, -0.25) is 4.79 Å². The molecule has 0 saturated carbocycles. The molecule has 0 radical (unpaired) electrons. The van der Waals surface area contributed by atoms with Crippen molar-refractivity contribution in [2.24, 2.45) is 0 Å². The number of aryl methyl sites for hydroxylation is 1. The van der Waals surface area contributed by atoms with Gasteiger partial charge in [-0.15, -0.1) is 0 Å². The van der Waals surface area contributed by atoms with Gasteiger partial charge in [-0.1, -0.05) is 36.4 Å². The number of rotatable bonds is 6. The third-order valence-corrected chi connectivity index (χ3v) is 5.07. The van der Waals surface area contributed by atoms with E-state index in [9.17, 15) is 9.59 Å². The first-order valence-electron chi connectivity index (χ1n) is 9.35. The number of likely N-dealkylation sites (N-methyl/N-ethyl adjacent to an activating group) is 1. The summed E-state index contributed by atoms with van der Waals surface area (Å²) in [4.78, 5) is 27.2. The van der Waals surface area contributed by atoms with Crippen molar-refractivity contribution in [1.29, 1.82) is 0 Å². The number of esters is 1.